The predicted octanol–water partition coefficient (Wildman–Crippen LogP) is 1.01. The first-order chi connectivity index (χ1) is 8.33. The van der Waals surface area contributed by atoms with Crippen LogP contribution in [0.25, 0.3) is 0 Å². The zero-order chi connectivity index (χ0) is 12.1. The van der Waals surface area contributed by atoms with Gasteiger partial charge in [-0.1, -0.05) is 0 Å². The van der Waals surface area contributed by atoms with Crippen LogP contribution in [0, 0.1) is 5.92 Å². The van der Waals surface area contributed by atoms with Gasteiger partial charge in [-0.15, -0.1) is 0 Å². The lowest BCUT2D eigenvalue weighted by Gasteiger charge is -2.30. The van der Waals surface area contributed by atoms with Crippen molar-refractivity contribution in [1.82, 2.24) is 10.2 Å². The first-order valence-corrected chi connectivity index (χ1v) is 6.92. The van der Waals surface area contributed by atoms with E-state index in [2.05, 4.69) is 10.2 Å². The van der Waals surface area contributed by atoms with E-state index in [1.165, 1.54) is 0 Å². The monoisotopic (exact) mass is 240 g/mol. The van der Waals surface area contributed by atoms with Crippen molar-refractivity contribution in [2.75, 3.05) is 32.8 Å². The maximum absolute atomic E-state index is 12.4. The fourth-order valence-electron chi connectivity index (χ4n) is 2.85. The van der Waals surface area contributed by atoms with Crippen molar-refractivity contribution in [2.24, 2.45) is 5.92 Å². The lowest BCUT2D eigenvalue weighted by molar-refractivity contribution is -0.138. The van der Waals surface area contributed by atoms with Gasteiger partial charge in [0.25, 0.3) is 0 Å². The fraction of sp³-hybridized carbons (Fsp3) is 0.923. The predicted molar refractivity (Wildman–Crippen MR) is 66.8 cm³/mol. The van der Waals surface area contributed by atoms with Gasteiger partial charge >= 0.3 is 0 Å². The summed E-state index contributed by atoms with van der Waals surface area (Å²) in [6, 6.07) is 0.323. The van der Waals surface area contributed by atoms with Gasteiger partial charge in [0, 0.05) is 19.7 Å². The average molecular weight is 240 g/mol. The standard InChI is InChI=1S/C13H24N2O2/c1-2-17-10-12-6-4-8-15(12)13(16)11-5-3-7-14-9-11/h11-12,14H,2-10H2,1H3. The molecule has 1 amide bonds. The zero-order valence-corrected chi connectivity index (χ0v) is 10.8. The van der Waals surface area contributed by atoms with E-state index in [4.69, 9.17) is 4.74 Å². The van der Waals surface area contributed by atoms with E-state index < -0.39 is 0 Å². The quantitative estimate of drug-likeness (QED) is 0.797. The second kappa shape index (κ2) is 6.36. The van der Waals surface area contributed by atoms with Crippen molar-refractivity contribution in [3.8, 4) is 0 Å². The maximum Gasteiger partial charge on any atom is 0.227 e. The van der Waals surface area contributed by atoms with Gasteiger partial charge < -0.3 is 15.0 Å². The molecule has 17 heavy (non-hydrogen) atoms. The number of nitrogens with one attached hydrogen (secondary N) is 1. The molecule has 0 aromatic carbocycles. The molecule has 2 unspecified atom stereocenters. The van der Waals surface area contributed by atoms with Crippen molar-refractivity contribution < 1.29 is 9.53 Å². The lowest BCUT2D eigenvalue weighted by Crippen LogP contribution is -2.46. The Morgan fingerprint density at radius 3 is 3.00 bits per heavy atom. The summed E-state index contributed by atoms with van der Waals surface area (Å²) in [5.41, 5.74) is 0. The fourth-order valence-corrected chi connectivity index (χ4v) is 2.85. The van der Waals surface area contributed by atoms with Gasteiger partial charge in [-0.05, 0) is 39.2 Å². The second-order valence-electron chi connectivity index (χ2n) is 5.03. The minimum absolute atomic E-state index is 0.200. The molecule has 0 saturated carbocycles. The molecule has 0 bridgehead atoms. The molecule has 2 saturated heterocycles. The molecule has 2 rings (SSSR count). The van der Waals surface area contributed by atoms with Crippen LogP contribution in [0.5, 0.6) is 0 Å². The highest BCUT2D eigenvalue weighted by atomic mass is 16.5. The third-order valence-electron chi connectivity index (χ3n) is 3.82. The Bertz CT molecular complexity index is 252. The summed E-state index contributed by atoms with van der Waals surface area (Å²) < 4.78 is 5.48. The van der Waals surface area contributed by atoms with Crippen molar-refractivity contribution >= 4 is 5.91 Å². The van der Waals surface area contributed by atoms with Crippen molar-refractivity contribution in [3.05, 3.63) is 0 Å². The highest BCUT2D eigenvalue weighted by Crippen LogP contribution is 2.22. The highest BCUT2D eigenvalue weighted by Gasteiger charge is 2.33. The van der Waals surface area contributed by atoms with E-state index in [0.717, 1.165) is 51.9 Å². The molecule has 0 aromatic heterocycles. The molecule has 2 atom stereocenters. The minimum Gasteiger partial charge on any atom is -0.380 e. The molecule has 4 heteroatoms. The van der Waals surface area contributed by atoms with Crippen molar-refractivity contribution in [1.29, 1.82) is 0 Å². The van der Waals surface area contributed by atoms with Crippen LogP contribution in [0.1, 0.15) is 32.6 Å². The summed E-state index contributed by atoms with van der Waals surface area (Å²) in [5.74, 6) is 0.547. The molecular weight excluding hydrogens is 216 g/mol. The average Bonchev–Trinajstić information content (AvgIpc) is 2.84. The van der Waals surface area contributed by atoms with Gasteiger partial charge in [-0.2, -0.15) is 0 Å². The van der Waals surface area contributed by atoms with Gasteiger partial charge in [0.1, 0.15) is 0 Å². The SMILES string of the molecule is CCOCC1CCCN1C(=O)C1CCCNC1. The molecule has 1 N–H and O–H groups in total. The van der Waals surface area contributed by atoms with Gasteiger partial charge in [0.05, 0.1) is 18.6 Å². The van der Waals surface area contributed by atoms with Crippen molar-refractivity contribution in [2.45, 2.75) is 38.6 Å². The highest BCUT2D eigenvalue weighted by molar-refractivity contribution is 5.79. The first-order valence-electron chi connectivity index (χ1n) is 6.92. The number of nitrogens with zero attached hydrogens (tertiary/aromatic N) is 1. The van der Waals surface area contributed by atoms with Gasteiger partial charge in [-0.3, -0.25) is 4.79 Å². The number of ether oxygens (including phenoxy) is 1. The van der Waals surface area contributed by atoms with E-state index >= 15 is 0 Å². The van der Waals surface area contributed by atoms with Crippen LogP contribution >= 0.6 is 0 Å². The largest absolute Gasteiger partial charge is 0.380 e. The van der Waals surface area contributed by atoms with Gasteiger partial charge in [0.15, 0.2) is 0 Å². The molecule has 2 fully saturated rings. The Kier molecular flexibility index (Phi) is 4.80. The number of likely N-dealkylation sites (tertiary alicyclic amines) is 1. The van der Waals surface area contributed by atoms with Gasteiger partial charge in [-0.25, -0.2) is 0 Å². The molecule has 0 radical (unpaired) electrons. The molecule has 98 valence electrons. The Balaban J connectivity index is 1.88. The van der Waals surface area contributed by atoms with Crippen LogP contribution in [-0.2, 0) is 9.53 Å². The van der Waals surface area contributed by atoms with Crippen LogP contribution in [0.15, 0.2) is 0 Å². The third-order valence-corrected chi connectivity index (χ3v) is 3.82. The van der Waals surface area contributed by atoms with Crippen molar-refractivity contribution in [3.63, 3.8) is 0 Å². The third kappa shape index (κ3) is 3.19. The van der Waals surface area contributed by atoms with Crippen LogP contribution in [-0.4, -0.2) is 49.7 Å². The summed E-state index contributed by atoms with van der Waals surface area (Å²) in [4.78, 5) is 14.5. The normalized spacial score (nSPS) is 29.6. The maximum atomic E-state index is 12.4. The molecule has 4 nitrogen and oxygen atoms in total. The summed E-state index contributed by atoms with van der Waals surface area (Å²) >= 11 is 0. The Labute approximate surface area is 104 Å². The summed E-state index contributed by atoms with van der Waals surface area (Å²) in [6.07, 6.45) is 4.40. The lowest BCUT2D eigenvalue weighted by atomic mass is 9.98. The number of piperidine rings is 1. The van der Waals surface area contributed by atoms with E-state index in [0.29, 0.717) is 18.6 Å². The van der Waals surface area contributed by atoms with E-state index in [-0.39, 0.29) is 5.92 Å². The Hall–Kier alpha value is -0.610. The zero-order valence-electron chi connectivity index (χ0n) is 10.8. The van der Waals surface area contributed by atoms with Crippen LogP contribution < -0.4 is 5.32 Å². The number of carbonyl (C=O) groups is 1. The topological polar surface area (TPSA) is 41.6 Å². The van der Waals surface area contributed by atoms with Gasteiger partial charge in [0.2, 0.25) is 5.91 Å². The summed E-state index contributed by atoms with van der Waals surface area (Å²) in [6.45, 7) is 6.30. The molecule has 2 aliphatic rings. The second-order valence-corrected chi connectivity index (χ2v) is 5.03. The number of carbonyl (C=O) groups excluding carboxylic acids is 1. The Morgan fingerprint density at radius 2 is 2.29 bits per heavy atom. The summed E-state index contributed by atoms with van der Waals surface area (Å²) in [5, 5.41) is 3.32. The van der Waals surface area contributed by atoms with Crippen LogP contribution in [0.3, 0.4) is 0 Å². The molecule has 2 heterocycles. The number of hydrogen-bond donors (Lipinski definition) is 1. The van der Waals surface area contributed by atoms with Crippen LogP contribution in [0.4, 0.5) is 0 Å². The molecule has 0 aromatic rings. The molecule has 0 aliphatic carbocycles. The van der Waals surface area contributed by atoms with E-state index in [1.807, 2.05) is 6.92 Å². The van der Waals surface area contributed by atoms with Crippen LogP contribution in [0.2, 0.25) is 0 Å². The number of amides is 1. The minimum atomic E-state index is 0.200. The van der Waals surface area contributed by atoms with E-state index in [1.54, 1.807) is 0 Å². The number of hydrogen-bond acceptors (Lipinski definition) is 3. The molecule has 0 spiro atoms. The molecule has 2 aliphatic heterocycles. The Morgan fingerprint density at radius 1 is 1.41 bits per heavy atom. The van der Waals surface area contributed by atoms with E-state index in [9.17, 15) is 4.79 Å². The molecular formula is C13H24N2O2. The first kappa shape index (κ1) is 12.8. The summed E-state index contributed by atoms with van der Waals surface area (Å²) in [7, 11) is 0. The number of rotatable bonds is 4. The smallest absolute Gasteiger partial charge is 0.227 e.